The zero-order valence-electron chi connectivity index (χ0n) is 18.8. The first kappa shape index (κ1) is 24.5. The average Bonchev–Trinajstić information content (AvgIpc) is 2.79. The molecule has 0 saturated heterocycles. The highest BCUT2D eigenvalue weighted by atomic mass is 19.1. The Labute approximate surface area is 196 Å². The number of guanidine groups is 2. The van der Waals surface area contributed by atoms with E-state index in [9.17, 15) is 13.6 Å². The zero-order valence-corrected chi connectivity index (χ0v) is 18.8. The van der Waals surface area contributed by atoms with E-state index in [4.69, 9.17) is 22.6 Å². The van der Waals surface area contributed by atoms with E-state index < -0.39 is 17.5 Å². The highest BCUT2D eigenvalue weighted by Crippen LogP contribution is 2.29. The van der Waals surface area contributed by atoms with E-state index in [1.165, 1.54) is 18.2 Å². The molecule has 1 heterocycles. The van der Waals surface area contributed by atoms with Crippen LogP contribution in [0.4, 0.5) is 20.2 Å². The van der Waals surface area contributed by atoms with E-state index in [1.54, 1.807) is 17.9 Å². The maximum Gasteiger partial charge on any atom is 0.255 e. The van der Waals surface area contributed by atoms with Gasteiger partial charge in [0, 0.05) is 36.4 Å². The zero-order chi connectivity index (χ0) is 24.8. The van der Waals surface area contributed by atoms with Crippen molar-refractivity contribution < 1.29 is 13.6 Å². The van der Waals surface area contributed by atoms with E-state index in [1.807, 2.05) is 6.08 Å². The lowest BCUT2D eigenvalue weighted by atomic mass is 9.96. The molecule has 1 aliphatic rings. The fraction of sp³-hybridized carbons (Fsp3) is 0.261. The largest absolute Gasteiger partial charge is 0.381 e. The van der Waals surface area contributed by atoms with Gasteiger partial charge in [0.15, 0.2) is 11.9 Å². The van der Waals surface area contributed by atoms with Crippen LogP contribution in [0.1, 0.15) is 27.9 Å². The van der Waals surface area contributed by atoms with Gasteiger partial charge in [0.1, 0.15) is 11.6 Å². The maximum atomic E-state index is 14.9. The van der Waals surface area contributed by atoms with Gasteiger partial charge in [0.05, 0.1) is 12.2 Å². The predicted molar refractivity (Wildman–Crippen MR) is 131 cm³/mol. The van der Waals surface area contributed by atoms with Gasteiger partial charge in [0.2, 0.25) is 0 Å². The Balaban J connectivity index is 1.69. The van der Waals surface area contributed by atoms with Crippen molar-refractivity contribution in [2.24, 2.45) is 22.2 Å². The SMILES string of the molecule is Cc1cc(C2=CCN(C(=N)N)CC2)c(F)cc1NC(=O)c1ccc(NCCN=C(N)N)c(F)c1. The van der Waals surface area contributed by atoms with E-state index in [2.05, 4.69) is 15.6 Å². The van der Waals surface area contributed by atoms with Gasteiger partial charge in [-0.25, -0.2) is 8.78 Å². The smallest absolute Gasteiger partial charge is 0.255 e. The number of rotatable bonds is 7. The van der Waals surface area contributed by atoms with Gasteiger partial charge in [-0.3, -0.25) is 15.2 Å². The lowest BCUT2D eigenvalue weighted by molar-refractivity contribution is 0.102. The summed E-state index contributed by atoms with van der Waals surface area (Å²) in [4.78, 5) is 18.1. The van der Waals surface area contributed by atoms with Gasteiger partial charge in [-0.15, -0.1) is 0 Å². The number of hydrogen-bond donors (Lipinski definition) is 6. The minimum Gasteiger partial charge on any atom is -0.381 e. The van der Waals surface area contributed by atoms with Gasteiger partial charge >= 0.3 is 0 Å². The summed E-state index contributed by atoms with van der Waals surface area (Å²) in [5.41, 5.74) is 18.5. The van der Waals surface area contributed by atoms with Gasteiger partial charge in [-0.1, -0.05) is 6.08 Å². The molecule has 2 aromatic rings. The Kier molecular flexibility index (Phi) is 7.67. The predicted octanol–water partition coefficient (Wildman–Crippen LogP) is 2.19. The molecule has 0 aliphatic carbocycles. The van der Waals surface area contributed by atoms with Crippen molar-refractivity contribution in [2.45, 2.75) is 13.3 Å². The van der Waals surface area contributed by atoms with Gasteiger partial charge < -0.3 is 32.7 Å². The number of amides is 1. The summed E-state index contributed by atoms with van der Waals surface area (Å²) in [6.45, 7) is 3.31. The summed E-state index contributed by atoms with van der Waals surface area (Å²) in [5, 5.41) is 13.0. The van der Waals surface area contributed by atoms with Crippen molar-refractivity contribution in [1.82, 2.24) is 4.90 Å². The third-order valence-electron chi connectivity index (χ3n) is 5.41. The van der Waals surface area contributed by atoms with Gasteiger partial charge in [-0.2, -0.15) is 0 Å². The third kappa shape index (κ3) is 6.00. The first-order valence-electron chi connectivity index (χ1n) is 10.6. The van der Waals surface area contributed by atoms with Crippen LogP contribution in [0.25, 0.3) is 5.57 Å². The second-order valence-corrected chi connectivity index (χ2v) is 7.84. The minimum absolute atomic E-state index is 0.0174. The van der Waals surface area contributed by atoms with E-state index in [0.717, 1.165) is 11.6 Å². The second-order valence-electron chi connectivity index (χ2n) is 7.84. The highest BCUT2D eigenvalue weighted by molar-refractivity contribution is 6.05. The Hall–Kier alpha value is -4.15. The van der Waals surface area contributed by atoms with Crippen LogP contribution < -0.4 is 27.8 Å². The van der Waals surface area contributed by atoms with Crippen LogP contribution in [0, 0.1) is 24.0 Å². The number of aliphatic imine (C=N–C) groups is 1. The molecule has 11 heteroatoms. The first-order chi connectivity index (χ1) is 16.2. The molecule has 0 aromatic heterocycles. The Morgan fingerprint density at radius 2 is 1.91 bits per heavy atom. The number of hydrogen-bond acceptors (Lipinski definition) is 4. The molecule has 1 aliphatic heterocycles. The van der Waals surface area contributed by atoms with Crippen LogP contribution in [0.15, 0.2) is 41.4 Å². The summed E-state index contributed by atoms with van der Waals surface area (Å²) in [5.74, 6) is -1.72. The Morgan fingerprint density at radius 3 is 2.53 bits per heavy atom. The molecule has 0 bridgehead atoms. The van der Waals surface area contributed by atoms with Crippen LogP contribution in [0.2, 0.25) is 0 Å². The number of nitrogens with one attached hydrogen (secondary N) is 3. The molecule has 180 valence electrons. The van der Waals surface area contributed by atoms with Crippen LogP contribution >= 0.6 is 0 Å². The van der Waals surface area contributed by atoms with E-state index >= 15 is 0 Å². The Bertz CT molecular complexity index is 1160. The number of aryl methyl sites for hydroxylation is 1. The number of nitrogens with two attached hydrogens (primary N) is 3. The van der Waals surface area contributed by atoms with Crippen molar-refractivity contribution in [3.63, 3.8) is 0 Å². The molecule has 9 nitrogen and oxygen atoms in total. The standard InChI is InChI=1S/C23H28F2N8O/c1-13-10-16(14-4-8-33(9-5-14)23(28)29)17(24)12-20(13)32-21(34)15-2-3-19(18(25)11-15)30-6-7-31-22(26)27/h2-4,10-12,30H,5-9H2,1H3,(H3,28,29)(H,32,34)(H4,26,27,31). The molecule has 0 saturated carbocycles. The molecule has 34 heavy (non-hydrogen) atoms. The molecule has 9 N–H and O–H groups in total. The molecule has 0 atom stereocenters. The lowest BCUT2D eigenvalue weighted by Gasteiger charge is -2.27. The molecule has 1 amide bonds. The number of halogens is 2. The molecular formula is C23H28F2N8O. The summed E-state index contributed by atoms with van der Waals surface area (Å²) in [6, 6.07) is 6.94. The monoisotopic (exact) mass is 470 g/mol. The maximum absolute atomic E-state index is 14.9. The number of anilines is 2. The second kappa shape index (κ2) is 10.6. The minimum atomic E-state index is -0.612. The van der Waals surface area contributed by atoms with Crippen LogP contribution in [0.3, 0.4) is 0 Å². The fourth-order valence-corrected chi connectivity index (χ4v) is 3.56. The summed E-state index contributed by atoms with van der Waals surface area (Å²) in [6.07, 6.45) is 2.39. The van der Waals surface area contributed by atoms with E-state index in [0.29, 0.717) is 42.9 Å². The lowest BCUT2D eigenvalue weighted by Crippen LogP contribution is -2.39. The molecule has 0 fully saturated rings. The van der Waals surface area contributed by atoms with Crippen molar-refractivity contribution in [1.29, 1.82) is 5.41 Å². The van der Waals surface area contributed by atoms with Crippen molar-refractivity contribution in [3.8, 4) is 0 Å². The molecule has 0 spiro atoms. The molecule has 3 rings (SSSR count). The molecule has 2 aromatic carbocycles. The van der Waals surface area contributed by atoms with Crippen molar-refractivity contribution in [2.75, 3.05) is 36.8 Å². The topological polar surface area (TPSA) is 159 Å². The quantitative estimate of drug-likeness (QED) is 0.207. The van der Waals surface area contributed by atoms with Crippen LogP contribution in [-0.4, -0.2) is 48.9 Å². The first-order valence-corrected chi connectivity index (χ1v) is 10.6. The highest BCUT2D eigenvalue weighted by Gasteiger charge is 2.18. The van der Waals surface area contributed by atoms with Gasteiger partial charge in [0.25, 0.3) is 5.91 Å². The fourth-order valence-electron chi connectivity index (χ4n) is 3.56. The number of carbonyl (C=O) groups is 1. The third-order valence-corrected chi connectivity index (χ3v) is 5.41. The summed E-state index contributed by atoms with van der Waals surface area (Å²) < 4.78 is 29.3. The number of benzene rings is 2. The number of carbonyl (C=O) groups excluding carboxylic acids is 1. The summed E-state index contributed by atoms with van der Waals surface area (Å²) >= 11 is 0. The molecule has 0 unspecified atom stereocenters. The van der Waals surface area contributed by atoms with E-state index in [-0.39, 0.29) is 29.7 Å². The molecular weight excluding hydrogens is 442 g/mol. The summed E-state index contributed by atoms with van der Waals surface area (Å²) in [7, 11) is 0. The van der Waals surface area contributed by atoms with Gasteiger partial charge in [-0.05, 0) is 54.8 Å². The van der Waals surface area contributed by atoms with Crippen molar-refractivity contribution in [3.05, 3.63) is 64.7 Å². The number of nitrogens with zero attached hydrogens (tertiary/aromatic N) is 2. The van der Waals surface area contributed by atoms with Crippen molar-refractivity contribution >= 4 is 34.8 Å². The average molecular weight is 471 g/mol. The normalized spacial score (nSPS) is 13.1. The Morgan fingerprint density at radius 1 is 1.15 bits per heavy atom. The van der Waals surface area contributed by atoms with Crippen LogP contribution in [0.5, 0.6) is 0 Å². The van der Waals surface area contributed by atoms with Crippen LogP contribution in [-0.2, 0) is 0 Å². The molecule has 0 radical (unpaired) electrons.